The van der Waals surface area contributed by atoms with Crippen LogP contribution in [0.2, 0.25) is 0 Å². The molecule has 0 radical (unpaired) electrons. The van der Waals surface area contributed by atoms with Gasteiger partial charge in [0.15, 0.2) is 0 Å². The lowest BCUT2D eigenvalue weighted by atomic mass is 10.2. The molecule has 0 bridgehead atoms. The fourth-order valence-corrected chi connectivity index (χ4v) is 2.69. The Kier molecular flexibility index (Phi) is 4.62. The first kappa shape index (κ1) is 17.2. The number of nitrogens with zero attached hydrogens (tertiary/aromatic N) is 2. The van der Waals surface area contributed by atoms with E-state index in [2.05, 4.69) is 0 Å². The van der Waals surface area contributed by atoms with E-state index in [0.29, 0.717) is 6.20 Å². The number of aliphatic hydroxyl groups excluding tert-OH is 2. The highest BCUT2D eigenvalue weighted by Gasteiger charge is 2.36. The molecule has 1 aliphatic heterocycles. The molecule has 0 unspecified atom stereocenters. The predicted octanol–water partition coefficient (Wildman–Crippen LogP) is -0.522. The molecule has 1 fully saturated rings. The molecule has 0 aliphatic carbocycles. The molecule has 2 aromatic rings. The van der Waals surface area contributed by atoms with Gasteiger partial charge in [-0.25, -0.2) is 4.79 Å². The summed E-state index contributed by atoms with van der Waals surface area (Å²) < 4.78 is 20.2. The fraction of sp³-hybridized carbons (Fsp3) is 0.312. The lowest BCUT2D eigenvalue weighted by Gasteiger charge is -2.16. The molecule has 9 heteroatoms. The molecular formula is C16H15FN2O6. The van der Waals surface area contributed by atoms with E-state index in [1.54, 1.807) is 18.2 Å². The molecule has 0 spiro atoms. The van der Waals surface area contributed by atoms with E-state index in [4.69, 9.17) is 9.84 Å². The van der Waals surface area contributed by atoms with Gasteiger partial charge in [-0.15, -0.1) is 0 Å². The number of aromatic nitrogens is 2. The Morgan fingerprint density at radius 2 is 1.96 bits per heavy atom. The van der Waals surface area contributed by atoms with Crippen LogP contribution in [0.5, 0.6) is 0 Å². The molecule has 0 saturated carbocycles. The monoisotopic (exact) mass is 350 g/mol. The lowest BCUT2D eigenvalue weighted by molar-refractivity contribution is -0.0465. The molecule has 2 heterocycles. The van der Waals surface area contributed by atoms with Gasteiger partial charge in [0.25, 0.3) is 11.5 Å². The summed E-state index contributed by atoms with van der Waals surface area (Å²) in [5.41, 5.74) is -2.41. The number of ether oxygens (including phenoxy) is 1. The van der Waals surface area contributed by atoms with Crippen molar-refractivity contribution in [2.75, 3.05) is 6.61 Å². The van der Waals surface area contributed by atoms with E-state index in [9.17, 15) is 23.9 Å². The molecule has 3 rings (SSSR count). The highest BCUT2D eigenvalue weighted by molar-refractivity contribution is 5.95. The summed E-state index contributed by atoms with van der Waals surface area (Å²) >= 11 is 0. The van der Waals surface area contributed by atoms with Crippen molar-refractivity contribution in [1.29, 1.82) is 0 Å². The zero-order valence-corrected chi connectivity index (χ0v) is 12.9. The third kappa shape index (κ3) is 3.04. The first-order chi connectivity index (χ1) is 11.9. The van der Waals surface area contributed by atoms with Gasteiger partial charge in [0.2, 0.25) is 5.82 Å². The fourth-order valence-electron chi connectivity index (χ4n) is 2.69. The van der Waals surface area contributed by atoms with Crippen LogP contribution in [0.4, 0.5) is 4.39 Å². The van der Waals surface area contributed by atoms with E-state index in [1.165, 1.54) is 12.1 Å². The normalized spacial score (nSPS) is 22.9. The quantitative estimate of drug-likeness (QED) is 0.771. The summed E-state index contributed by atoms with van der Waals surface area (Å²) in [7, 11) is 0. The van der Waals surface area contributed by atoms with Crippen LogP contribution in [-0.4, -0.2) is 44.1 Å². The predicted molar refractivity (Wildman–Crippen MR) is 82.7 cm³/mol. The summed E-state index contributed by atoms with van der Waals surface area (Å²) in [6.07, 6.45) is -2.57. The van der Waals surface area contributed by atoms with E-state index in [0.717, 1.165) is 4.57 Å². The van der Waals surface area contributed by atoms with Crippen LogP contribution in [0.15, 0.2) is 46.1 Å². The van der Waals surface area contributed by atoms with Gasteiger partial charge in [-0.3, -0.25) is 14.2 Å². The summed E-state index contributed by atoms with van der Waals surface area (Å²) in [6, 6.07) is 7.51. The Labute approximate surface area is 140 Å². The van der Waals surface area contributed by atoms with E-state index in [-0.39, 0.29) is 16.6 Å². The second-order valence-corrected chi connectivity index (χ2v) is 5.59. The standard InChI is InChI=1S/C16H15FN2O6/c17-10-7-18(13-6-11(21)12(8-20)25-13)16(24)19(15(10)23)14(22)9-4-2-1-3-5-9/h1-5,7,11-13,20-21H,6,8H2/t11-,12+,13+/m0/s1. The summed E-state index contributed by atoms with van der Waals surface area (Å²) in [4.78, 5) is 37.0. The van der Waals surface area contributed by atoms with Crippen LogP contribution in [0.1, 0.15) is 23.0 Å². The van der Waals surface area contributed by atoms with Crippen molar-refractivity contribution >= 4 is 5.91 Å². The zero-order valence-electron chi connectivity index (χ0n) is 12.9. The molecule has 1 aliphatic rings. The average Bonchev–Trinajstić information content (AvgIpc) is 2.99. The van der Waals surface area contributed by atoms with Crippen LogP contribution in [0, 0.1) is 5.82 Å². The van der Waals surface area contributed by atoms with Gasteiger partial charge in [0.1, 0.15) is 12.3 Å². The van der Waals surface area contributed by atoms with Crippen molar-refractivity contribution in [3.8, 4) is 0 Å². The number of halogens is 1. The van der Waals surface area contributed by atoms with Gasteiger partial charge in [-0.2, -0.15) is 8.96 Å². The second-order valence-electron chi connectivity index (χ2n) is 5.59. The third-order valence-electron chi connectivity index (χ3n) is 3.99. The highest BCUT2D eigenvalue weighted by atomic mass is 19.1. The highest BCUT2D eigenvalue weighted by Crippen LogP contribution is 2.27. The van der Waals surface area contributed by atoms with Gasteiger partial charge < -0.3 is 14.9 Å². The third-order valence-corrected chi connectivity index (χ3v) is 3.99. The molecule has 3 atom stereocenters. The summed E-state index contributed by atoms with van der Waals surface area (Å²) in [5, 5.41) is 18.9. The lowest BCUT2D eigenvalue weighted by Crippen LogP contribution is -2.46. The molecule has 8 nitrogen and oxygen atoms in total. The van der Waals surface area contributed by atoms with E-state index < -0.39 is 48.0 Å². The first-order valence-electron chi connectivity index (χ1n) is 7.52. The maximum absolute atomic E-state index is 14.0. The van der Waals surface area contributed by atoms with Crippen molar-refractivity contribution in [1.82, 2.24) is 9.13 Å². The first-order valence-corrected chi connectivity index (χ1v) is 7.52. The van der Waals surface area contributed by atoms with Crippen LogP contribution in [-0.2, 0) is 4.74 Å². The topological polar surface area (TPSA) is 111 Å². The number of hydrogen-bond acceptors (Lipinski definition) is 6. The molecule has 1 saturated heterocycles. The van der Waals surface area contributed by atoms with E-state index >= 15 is 0 Å². The second kappa shape index (κ2) is 6.71. The van der Waals surface area contributed by atoms with Crippen molar-refractivity contribution in [2.45, 2.75) is 24.9 Å². The Balaban J connectivity index is 2.09. The number of hydrogen-bond donors (Lipinski definition) is 2. The number of aliphatic hydroxyl groups is 2. The maximum Gasteiger partial charge on any atom is 0.340 e. The maximum atomic E-state index is 14.0. The van der Waals surface area contributed by atoms with Gasteiger partial charge in [-0.05, 0) is 12.1 Å². The van der Waals surface area contributed by atoms with Gasteiger partial charge in [-0.1, -0.05) is 18.2 Å². The minimum Gasteiger partial charge on any atom is -0.394 e. The number of carbonyl (C=O) groups excluding carboxylic acids is 1. The molecule has 1 aromatic heterocycles. The van der Waals surface area contributed by atoms with Crippen molar-refractivity contribution in [3.63, 3.8) is 0 Å². The minimum absolute atomic E-state index is 0.0412. The number of carbonyl (C=O) groups is 1. The van der Waals surface area contributed by atoms with Crippen LogP contribution < -0.4 is 11.2 Å². The average molecular weight is 350 g/mol. The molecule has 0 amide bonds. The molecule has 132 valence electrons. The molecule has 25 heavy (non-hydrogen) atoms. The van der Waals surface area contributed by atoms with Crippen molar-refractivity contribution in [2.24, 2.45) is 0 Å². The SMILES string of the molecule is O=C(c1ccccc1)n1c(=O)c(F)cn([C@H]2C[C@H](O)[C@@H](CO)O2)c1=O. The van der Waals surface area contributed by atoms with Crippen LogP contribution >= 0.6 is 0 Å². The van der Waals surface area contributed by atoms with Gasteiger partial charge in [0.05, 0.1) is 18.9 Å². The van der Waals surface area contributed by atoms with Crippen molar-refractivity contribution in [3.05, 3.63) is 68.7 Å². The van der Waals surface area contributed by atoms with Crippen LogP contribution in [0.25, 0.3) is 0 Å². The smallest absolute Gasteiger partial charge is 0.340 e. The minimum atomic E-state index is -1.37. The number of benzene rings is 1. The zero-order chi connectivity index (χ0) is 18.1. The Hall–Kier alpha value is -2.62. The van der Waals surface area contributed by atoms with Gasteiger partial charge >= 0.3 is 5.69 Å². The Morgan fingerprint density at radius 3 is 2.56 bits per heavy atom. The Bertz CT molecular complexity index is 907. The van der Waals surface area contributed by atoms with Crippen molar-refractivity contribution < 1.29 is 24.1 Å². The number of rotatable bonds is 3. The summed E-state index contributed by atoms with van der Waals surface area (Å²) in [5.74, 6) is -2.28. The Morgan fingerprint density at radius 1 is 1.28 bits per heavy atom. The van der Waals surface area contributed by atoms with Gasteiger partial charge in [0, 0.05) is 12.0 Å². The molecule has 1 aromatic carbocycles. The van der Waals surface area contributed by atoms with Crippen LogP contribution in [0.3, 0.4) is 0 Å². The van der Waals surface area contributed by atoms with E-state index in [1.807, 2.05) is 0 Å². The summed E-state index contributed by atoms with van der Waals surface area (Å²) in [6.45, 7) is -0.489. The molecular weight excluding hydrogens is 335 g/mol. The molecule has 2 N–H and O–H groups in total. The largest absolute Gasteiger partial charge is 0.394 e.